The fourth-order valence-electron chi connectivity index (χ4n) is 2.14. The molecule has 0 saturated carbocycles. The predicted octanol–water partition coefficient (Wildman–Crippen LogP) is 1.40. The standard InChI is InChI=1S/C14H17N3O3/c1-4-17-8-15-6-11(17)7-16-14(19)13-9(2)5-12(18)20-10(13)3/h5-6,8H,4,7H2,1-3H3,(H,16,19). The van der Waals surface area contributed by atoms with Gasteiger partial charge in [0.25, 0.3) is 5.91 Å². The first-order valence-corrected chi connectivity index (χ1v) is 6.41. The second-order valence-electron chi connectivity index (χ2n) is 4.53. The molecule has 0 bridgehead atoms. The Hall–Kier alpha value is -2.37. The van der Waals surface area contributed by atoms with E-state index in [1.165, 1.54) is 6.07 Å². The molecule has 0 unspecified atom stereocenters. The SMILES string of the molecule is CCn1cncc1CNC(=O)c1c(C)cc(=O)oc1C. The molecule has 6 nitrogen and oxygen atoms in total. The molecule has 20 heavy (non-hydrogen) atoms. The summed E-state index contributed by atoms with van der Waals surface area (Å²) >= 11 is 0. The molecule has 6 heteroatoms. The third kappa shape index (κ3) is 2.79. The van der Waals surface area contributed by atoms with Crippen LogP contribution in [0.4, 0.5) is 0 Å². The van der Waals surface area contributed by atoms with Crippen LogP contribution in [0.15, 0.2) is 27.8 Å². The van der Waals surface area contributed by atoms with Crippen molar-refractivity contribution in [3.05, 3.63) is 51.6 Å². The molecule has 106 valence electrons. The lowest BCUT2D eigenvalue weighted by molar-refractivity contribution is 0.0945. The minimum absolute atomic E-state index is 0.257. The Morgan fingerprint density at radius 3 is 2.85 bits per heavy atom. The number of nitrogens with zero attached hydrogens (tertiary/aromatic N) is 2. The smallest absolute Gasteiger partial charge is 0.336 e. The normalized spacial score (nSPS) is 10.6. The van der Waals surface area contributed by atoms with Crippen LogP contribution in [0.25, 0.3) is 0 Å². The summed E-state index contributed by atoms with van der Waals surface area (Å²) in [6.45, 7) is 6.51. The van der Waals surface area contributed by atoms with Gasteiger partial charge < -0.3 is 14.3 Å². The van der Waals surface area contributed by atoms with E-state index in [0.29, 0.717) is 23.4 Å². The summed E-state index contributed by atoms with van der Waals surface area (Å²) in [4.78, 5) is 27.4. The molecule has 0 radical (unpaired) electrons. The lowest BCUT2D eigenvalue weighted by Gasteiger charge is -2.10. The number of hydrogen-bond donors (Lipinski definition) is 1. The van der Waals surface area contributed by atoms with Crippen LogP contribution in [-0.2, 0) is 13.1 Å². The molecule has 0 atom stereocenters. The van der Waals surface area contributed by atoms with Crippen molar-refractivity contribution in [2.24, 2.45) is 0 Å². The number of amides is 1. The minimum atomic E-state index is -0.444. The van der Waals surface area contributed by atoms with Gasteiger partial charge in [-0.05, 0) is 26.3 Å². The van der Waals surface area contributed by atoms with Gasteiger partial charge in [0.05, 0.1) is 24.1 Å². The van der Waals surface area contributed by atoms with E-state index in [2.05, 4.69) is 10.3 Å². The number of imidazole rings is 1. The Kier molecular flexibility index (Phi) is 4.02. The van der Waals surface area contributed by atoms with Crippen LogP contribution in [0, 0.1) is 13.8 Å². The molecule has 2 aromatic heterocycles. The lowest BCUT2D eigenvalue weighted by Crippen LogP contribution is -2.26. The molecule has 0 aliphatic rings. The fraction of sp³-hybridized carbons (Fsp3) is 0.357. The summed E-state index contributed by atoms with van der Waals surface area (Å²) in [5.41, 5.74) is 1.50. The van der Waals surface area contributed by atoms with Crippen LogP contribution in [0.3, 0.4) is 0 Å². The van der Waals surface area contributed by atoms with E-state index >= 15 is 0 Å². The zero-order chi connectivity index (χ0) is 14.7. The molecule has 0 spiro atoms. The minimum Gasteiger partial charge on any atom is -0.427 e. The summed E-state index contributed by atoms with van der Waals surface area (Å²) in [5.74, 6) is 0.0732. The van der Waals surface area contributed by atoms with Crippen LogP contribution < -0.4 is 10.9 Å². The molecule has 0 saturated heterocycles. The zero-order valence-corrected chi connectivity index (χ0v) is 11.8. The Balaban J connectivity index is 2.15. The van der Waals surface area contributed by atoms with Gasteiger partial charge in [0.2, 0.25) is 0 Å². The van der Waals surface area contributed by atoms with Gasteiger partial charge in [0.15, 0.2) is 0 Å². The highest BCUT2D eigenvalue weighted by atomic mass is 16.4. The number of carbonyl (C=O) groups excluding carboxylic acids is 1. The topological polar surface area (TPSA) is 77.1 Å². The number of carbonyl (C=O) groups is 1. The third-order valence-corrected chi connectivity index (χ3v) is 3.13. The maximum atomic E-state index is 12.2. The Morgan fingerprint density at radius 2 is 2.20 bits per heavy atom. The van der Waals surface area contributed by atoms with E-state index in [1.807, 2.05) is 11.5 Å². The lowest BCUT2D eigenvalue weighted by atomic mass is 10.1. The third-order valence-electron chi connectivity index (χ3n) is 3.13. The molecule has 2 rings (SSSR count). The fourth-order valence-corrected chi connectivity index (χ4v) is 2.14. The van der Waals surface area contributed by atoms with Crippen LogP contribution in [0.1, 0.15) is 34.3 Å². The number of aromatic nitrogens is 2. The quantitative estimate of drug-likeness (QED) is 0.915. The molecule has 0 aromatic carbocycles. The van der Waals surface area contributed by atoms with Crippen molar-refractivity contribution in [3.8, 4) is 0 Å². The molecule has 0 fully saturated rings. The van der Waals surface area contributed by atoms with Crippen molar-refractivity contribution in [2.45, 2.75) is 33.9 Å². The highest BCUT2D eigenvalue weighted by Gasteiger charge is 2.15. The van der Waals surface area contributed by atoms with Crippen molar-refractivity contribution in [1.82, 2.24) is 14.9 Å². The van der Waals surface area contributed by atoms with Gasteiger partial charge in [-0.2, -0.15) is 0 Å². The molecule has 2 heterocycles. The predicted molar refractivity (Wildman–Crippen MR) is 73.5 cm³/mol. The van der Waals surface area contributed by atoms with Crippen molar-refractivity contribution in [2.75, 3.05) is 0 Å². The Bertz CT molecular complexity index is 659. The van der Waals surface area contributed by atoms with Crippen molar-refractivity contribution in [1.29, 1.82) is 0 Å². The van der Waals surface area contributed by atoms with Crippen molar-refractivity contribution < 1.29 is 9.21 Å². The van der Waals surface area contributed by atoms with Gasteiger partial charge in [-0.25, -0.2) is 9.78 Å². The summed E-state index contributed by atoms with van der Waals surface area (Å²) in [5, 5.41) is 2.82. The molecule has 2 aromatic rings. The van der Waals surface area contributed by atoms with Gasteiger partial charge in [-0.1, -0.05) is 0 Å². The highest BCUT2D eigenvalue weighted by Crippen LogP contribution is 2.11. The van der Waals surface area contributed by atoms with Crippen LogP contribution >= 0.6 is 0 Å². The van der Waals surface area contributed by atoms with Crippen LogP contribution in [0.5, 0.6) is 0 Å². The van der Waals surface area contributed by atoms with E-state index in [0.717, 1.165) is 12.2 Å². The van der Waals surface area contributed by atoms with Gasteiger partial charge >= 0.3 is 5.63 Å². The van der Waals surface area contributed by atoms with Crippen molar-refractivity contribution in [3.63, 3.8) is 0 Å². The molecule has 1 N–H and O–H groups in total. The molecule has 1 amide bonds. The summed E-state index contributed by atoms with van der Waals surface area (Å²) < 4.78 is 6.91. The van der Waals surface area contributed by atoms with Crippen LogP contribution in [-0.4, -0.2) is 15.5 Å². The Labute approximate surface area is 116 Å². The van der Waals surface area contributed by atoms with E-state index in [4.69, 9.17) is 4.42 Å². The summed E-state index contributed by atoms with van der Waals surface area (Å²) in [7, 11) is 0. The number of hydrogen-bond acceptors (Lipinski definition) is 4. The molecule has 0 aliphatic carbocycles. The monoisotopic (exact) mass is 275 g/mol. The zero-order valence-electron chi connectivity index (χ0n) is 11.8. The van der Waals surface area contributed by atoms with E-state index in [9.17, 15) is 9.59 Å². The summed E-state index contributed by atoms with van der Waals surface area (Å²) in [6.07, 6.45) is 3.44. The Morgan fingerprint density at radius 1 is 1.45 bits per heavy atom. The second kappa shape index (κ2) is 5.73. The van der Waals surface area contributed by atoms with Gasteiger partial charge in [0, 0.05) is 18.8 Å². The summed E-state index contributed by atoms with van der Waals surface area (Å²) in [6, 6.07) is 1.32. The maximum absolute atomic E-state index is 12.2. The molecule has 0 aliphatic heterocycles. The largest absolute Gasteiger partial charge is 0.427 e. The first kappa shape index (κ1) is 14.0. The highest BCUT2D eigenvalue weighted by molar-refractivity contribution is 5.96. The average molecular weight is 275 g/mol. The second-order valence-corrected chi connectivity index (χ2v) is 4.53. The average Bonchev–Trinajstić information content (AvgIpc) is 2.82. The number of aryl methyl sites for hydroxylation is 3. The first-order chi connectivity index (χ1) is 9.52. The van der Waals surface area contributed by atoms with E-state index < -0.39 is 5.63 Å². The van der Waals surface area contributed by atoms with Gasteiger partial charge in [-0.15, -0.1) is 0 Å². The van der Waals surface area contributed by atoms with Gasteiger partial charge in [-0.3, -0.25) is 4.79 Å². The molecular weight excluding hydrogens is 258 g/mol. The number of nitrogens with one attached hydrogen (secondary N) is 1. The first-order valence-electron chi connectivity index (χ1n) is 6.41. The van der Waals surface area contributed by atoms with Crippen molar-refractivity contribution >= 4 is 5.91 Å². The van der Waals surface area contributed by atoms with E-state index in [1.54, 1.807) is 26.4 Å². The van der Waals surface area contributed by atoms with Crippen LogP contribution in [0.2, 0.25) is 0 Å². The van der Waals surface area contributed by atoms with Gasteiger partial charge in [0.1, 0.15) is 5.76 Å². The number of rotatable bonds is 4. The molecular formula is C14H17N3O3. The van der Waals surface area contributed by atoms with E-state index in [-0.39, 0.29) is 5.91 Å². The maximum Gasteiger partial charge on any atom is 0.336 e.